The number of rotatable bonds is 9. The molecule has 0 unspecified atom stereocenters. The fourth-order valence-corrected chi connectivity index (χ4v) is 4.15. The molecule has 3 heteroatoms. The Hall–Kier alpha value is 0.270. The average molecular weight is 302 g/mol. The van der Waals surface area contributed by atoms with Gasteiger partial charge in [0.1, 0.15) is 0 Å². The molecule has 1 aliphatic rings. The van der Waals surface area contributed by atoms with Gasteiger partial charge in [0, 0.05) is 31.2 Å². The van der Waals surface area contributed by atoms with Gasteiger partial charge in [0.05, 0.1) is 0 Å². The summed E-state index contributed by atoms with van der Waals surface area (Å²) in [4.78, 5) is 2.62. The normalized spacial score (nSPS) is 19.2. The molecule has 0 aliphatic carbocycles. The number of nitrogens with zero attached hydrogens (tertiary/aromatic N) is 1. The fourth-order valence-electron chi connectivity index (χ4n) is 3.17. The highest BCUT2D eigenvalue weighted by Crippen LogP contribution is 2.29. The molecule has 1 aliphatic heterocycles. The number of thioether (sulfide) groups is 1. The van der Waals surface area contributed by atoms with E-state index in [1.54, 1.807) is 0 Å². The van der Waals surface area contributed by atoms with Gasteiger partial charge in [0.2, 0.25) is 0 Å². The molecule has 1 atom stereocenters. The molecule has 0 bridgehead atoms. The summed E-state index contributed by atoms with van der Waals surface area (Å²) in [5, 5.41) is 9.20. The minimum absolute atomic E-state index is 0.353. The zero-order chi connectivity index (χ0) is 14.8. The SMILES string of the molecule is CC(C)(C)C[C@@H](CCO)CCCCCN1CCSCC1. The van der Waals surface area contributed by atoms with E-state index in [-0.39, 0.29) is 0 Å². The summed E-state index contributed by atoms with van der Waals surface area (Å²) in [6.07, 6.45) is 7.58. The molecule has 20 heavy (non-hydrogen) atoms. The van der Waals surface area contributed by atoms with Crippen molar-refractivity contribution in [1.82, 2.24) is 4.90 Å². The van der Waals surface area contributed by atoms with E-state index in [9.17, 15) is 5.11 Å². The van der Waals surface area contributed by atoms with Crippen LogP contribution in [0.1, 0.15) is 59.3 Å². The van der Waals surface area contributed by atoms with E-state index >= 15 is 0 Å². The predicted octanol–water partition coefficient (Wildman–Crippen LogP) is 4.03. The van der Waals surface area contributed by atoms with Gasteiger partial charge in [-0.1, -0.05) is 40.0 Å². The summed E-state index contributed by atoms with van der Waals surface area (Å²) in [5.41, 5.74) is 0.394. The van der Waals surface area contributed by atoms with Crippen LogP contribution in [0.2, 0.25) is 0 Å². The van der Waals surface area contributed by atoms with E-state index in [1.165, 1.54) is 63.2 Å². The van der Waals surface area contributed by atoms with Crippen LogP contribution in [-0.2, 0) is 0 Å². The summed E-state index contributed by atoms with van der Waals surface area (Å²) in [5.74, 6) is 3.36. The third-order valence-corrected chi connectivity index (χ3v) is 5.07. The van der Waals surface area contributed by atoms with Crippen LogP contribution in [0.15, 0.2) is 0 Å². The minimum Gasteiger partial charge on any atom is -0.396 e. The lowest BCUT2D eigenvalue weighted by molar-refractivity contribution is 0.206. The topological polar surface area (TPSA) is 23.5 Å². The van der Waals surface area contributed by atoms with E-state index in [1.807, 2.05) is 0 Å². The Balaban J connectivity index is 2.07. The average Bonchev–Trinajstić information content (AvgIpc) is 2.38. The molecule has 1 saturated heterocycles. The molecule has 0 spiro atoms. The third-order valence-electron chi connectivity index (χ3n) is 4.13. The Labute approximate surface area is 130 Å². The molecule has 2 nitrogen and oxygen atoms in total. The lowest BCUT2D eigenvalue weighted by atomic mass is 9.81. The highest BCUT2D eigenvalue weighted by Gasteiger charge is 2.18. The molecule has 0 aromatic carbocycles. The van der Waals surface area contributed by atoms with Gasteiger partial charge in [-0.15, -0.1) is 0 Å². The smallest absolute Gasteiger partial charge is 0.0433 e. The highest BCUT2D eigenvalue weighted by molar-refractivity contribution is 7.99. The largest absolute Gasteiger partial charge is 0.396 e. The van der Waals surface area contributed by atoms with Crippen LogP contribution in [0.4, 0.5) is 0 Å². The van der Waals surface area contributed by atoms with Gasteiger partial charge in [0.25, 0.3) is 0 Å². The van der Waals surface area contributed by atoms with Crippen molar-refractivity contribution >= 4 is 11.8 Å². The van der Waals surface area contributed by atoms with Crippen LogP contribution in [0.25, 0.3) is 0 Å². The van der Waals surface area contributed by atoms with Crippen LogP contribution < -0.4 is 0 Å². The van der Waals surface area contributed by atoms with Crippen molar-refractivity contribution in [1.29, 1.82) is 0 Å². The molecule has 1 rings (SSSR count). The Morgan fingerprint density at radius 1 is 1.05 bits per heavy atom. The first-order valence-corrected chi connectivity index (χ1v) is 9.58. The molecule has 0 aromatic heterocycles. The molecular formula is C17H35NOS. The maximum Gasteiger partial charge on any atom is 0.0433 e. The molecule has 120 valence electrons. The highest BCUT2D eigenvalue weighted by atomic mass is 32.2. The van der Waals surface area contributed by atoms with E-state index < -0.39 is 0 Å². The van der Waals surface area contributed by atoms with Crippen LogP contribution in [0, 0.1) is 11.3 Å². The standard InChI is InChI=1S/C17H35NOS/c1-17(2,3)15-16(8-12-19)7-5-4-6-9-18-10-13-20-14-11-18/h16,19H,4-15H2,1-3H3/t16-/m1/s1. The van der Waals surface area contributed by atoms with Crippen molar-refractivity contribution in [2.45, 2.75) is 59.3 Å². The summed E-state index contributed by atoms with van der Waals surface area (Å²) < 4.78 is 0. The maximum absolute atomic E-state index is 9.20. The summed E-state index contributed by atoms with van der Waals surface area (Å²) >= 11 is 2.09. The number of unbranched alkanes of at least 4 members (excludes halogenated alkanes) is 2. The van der Waals surface area contributed by atoms with Gasteiger partial charge in [0.15, 0.2) is 0 Å². The summed E-state index contributed by atoms with van der Waals surface area (Å²) in [6, 6.07) is 0. The fraction of sp³-hybridized carbons (Fsp3) is 1.00. The van der Waals surface area contributed by atoms with E-state index in [4.69, 9.17) is 0 Å². The lowest BCUT2D eigenvalue weighted by Crippen LogP contribution is -2.33. The minimum atomic E-state index is 0.353. The first-order valence-electron chi connectivity index (χ1n) is 8.42. The zero-order valence-electron chi connectivity index (χ0n) is 13.9. The second kappa shape index (κ2) is 10.1. The van der Waals surface area contributed by atoms with Crippen LogP contribution >= 0.6 is 11.8 Å². The van der Waals surface area contributed by atoms with Crippen molar-refractivity contribution < 1.29 is 5.11 Å². The molecule has 1 heterocycles. The van der Waals surface area contributed by atoms with E-state index in [0.29, 0.717) is 17.9 Å². The van der Waals surface area contributed by atoms with Crippen molar-refractivity contribution in [3.05, 3.63) is 0 Å². The predicted molar refractivity (Wildman–Crippen MR) is 91.5 cm³/mol. The van der Waals surface area contributed by atoms with Crippen LogP contribution in [-0.4, -0.2) is 47.8 Å². The Morgan fingerprint density at radius 3 is 2.35 bits per heavy atom. The van der Waals surface area contributed by atoms with Gasteiger partial charge in [-0.2, -0.15) is 11.8 Å². The van der Waals surface area contributed by atoms with Crippen molar-refractivity contribution in [3.63, 3.8) is 0 Å². The van der Waals surface area contributed by atoms with E-state index in [0.717, 1.165) is 6.42 Å². The number of hydrogen-bond donors (Lipinski definition) is 1. The second-order valence-corrected chi connectivity index (χ2v) is 8.67. The zero-order valence-corrected chi connectivity index (χ0v) is 14.7. The lowest BCUT2D eigenvalue weighted by Gasteiger charge is -2.27. The quantitative estimate of drug-likeness (QED) is 0.650. The van der Waals surface area contributed by atoms with E-state index in [2.05, 4.69) is 37.4 Å². The maximum atomic E-state index is 9.20. The second-order valence-electron chi connectivity index (χ2n) is 7.45. The van der Waals surface area contributed by atoms with Crippen LogP contribution in [0.3, 0.4) is 0 Å². The van der Waals surface area contributed by atoms with Gasteiger partial charge in [-0.25, -0.2) is 0 Å². The Bertz CT molecular complexity index is 234. The molecule has 0 saturated carbocycles. The first kappa shape index (κ1) is 18.3. The molecule has 1 fully saturated rings. The Kier molecular flexibility index (Phi) is 9.23. The molecule has 0 radical (unpaired) electrons. The molecular weight excluding hydrogens is 266 g/mol. The van der Waals surface area contributed by atoms with Gasteiger partial charge in [-0.3, -0.25) is 0 Å². The molecule has 0 amide bonds. The number of hydrogen-bond acceptors (Lipinski definition) is 3. The van der Waals surface area contributed by atoms with Crippen LogP contribution in [0.5, 0.6) is 0 Å². The monoisotopic (exact) mass is 301 g/mol. The van der Waals surface area contributed by atoms with Crippen molar-refractivity contribution in [3.8, 4) is 0 Å². The first-order chi connectivity index (χ1) is 9.51. The number of aliphatic hydroxyl groups is 1. The van der Waals surface area contributed by atoms with Gasteiger partial charge in [-0.05, 0) is 37.1 Å². The summed E-state index contributed by atoms with van der Waals surface area (Å²) in [6.45, 7) is 11.2. The third kappa shape index (κ3) is 9.25. The van der Waals surface area contributed by atoms with Gasteiger partial charge < -0.3 is 10.0 Å². The van der Waals surface area contributed by atoms with Crippen molar-refractivity contribution in [2.75, 3.05) is 37.7 Å². The van der Waals surface area contributed by atoms with Crippen molar-refractivity contribution in [2.24, 2.45) is 11.3 Å². The number of aliphatic hydroxyl groups excluding tert-OH is 1. The summed E-state index contributed by atoms with van der Waals surface area (Å²) in [7, 11) is 0. The Morgan fingerprint density at radius 2 is 1.75 bits per heavy atom. The van der Waals surface area contributed by atoms with Gasteiger partial charge >= 0.3 is 0 Å². The molecule has 1 N–H and O–H groups in total. The molecule has 0 aromatic rings.